The summed E-state index contributed by atoms with van der Waals surface area (Å²) in [6, 6.07) is 0. The van der Waals surface area contributed by atoms with Crippen LogP contribution in [0.5, 0.6) is 0 Å². The van der Waals surface area contributed by atoms with Crippen molar-refractivity contribution in [2.24, 2.45) is 5.92 Å². The maximum atomic E-state index is 3.75. The first kappa shape index (κ1) is 9.74. The van der Waals surface area contributed by atoms with Gasteiger partial charge in [-0.2, -0.15) is 0 Å². The summed E-state index contributed by atoms with van der Waals surface area (Å²) in [6.45, 7) is 8.25. The van der Waals surface area contributed by atoms with Gasteiger partial charge in [-0.25, -0.2) is 0 Å². The van der Waals surface area contributed by atoms with Crippen LogP contribution < -0.4 is 0 Å². The van der Waals surface area contributed by atoms with E-state index in [0.29, 0.717) is 0 Å². The molecule has 0 bridgehead atoms. The van der Waals surface area contributed by atoms with E-state index >= 15 is 0 Å². The number of rotatable bonds is 5. The summed E-state index contributed by atoms with van der Waals surface area (Å²) in [4.78, 5) is 0. The van der Waals surface area contributed by atoms with Crippen LogP contribution in [0.2, 0.25) is 0 Å². The molecule has 0 heteroatoms. The Morgan fingerprint density at radius 3 is 2.70 bits per heavy atom. The first-order valence-corrected chi connectivity index (χ1v) is 4.27. The van der Waals surface area contributed by atoms with Crippen molar-refractivity contribution in [1.82, 2.24) is 0 Å². The highest BCUT2D eigenvalue weighted by molar-refractivity contribution is 4.86. The van der Waals surface area contributed by atoms with E-state index in [1.165, 1.54) is 19.3 Å². The zero-order valence-corrected chi connectivity index (χ0v) is 7.27. The number of unbranched alkanes of at least 4 members (excludes halogenated alkanes) is 1. The molecule has 0 aliphatic carbocycles. The molecule has 0 N–H and O–H groups in total. The Bertz CT molecular complexity index is 82.0. The Morgan fingerprint density at radius 1 is 1.50 bits per heavy atom. The van der Waals surface area contributed by atoms with Crippen LogP contribution in [0.15, 0.2) is 12.2 Å². The molecule has 0 amide bonds. The van der Waals surface area contributed by atoms with Crippen molar-refractivity contribution in [3.05, 3.63) is 19.1 Å². The third-order valence-electron chi connectivity index (χ3n) is 1.64. The minimum atomic E-state index is 0.752. The largest absolute Gasteiger partial charge is 0.0883 e. The Kier molecular flexibility index (Phi) is 6.68. The van der Waals surface area contributed by atoms with Gasteiger partial charge in [0.05, 0.1) is 0 Å². The van der Waals surface area contributed by atoms with Crippen molar-refractivity contribution in [2.45, 2.75) is 39.5 Å². The van der Waals surface area contributed by atoms with Crippen LogP contribution in [0.4, 0.5) is 0 Å². The highest BCUT2D eigenvalue weighted by Crippen LogP contribution is 2.08. The Labute approximate surface area is 65.3 Å². The topological polar surface area (TPSA) is 0 Å². The molecule has 59 valence electrons. The number of allylic oxidation sites excluding steroid dienone is 2. The molecule has 0 aliphatic rings. The lowest BCUT2D eigenvalue weighted by Gasteiger charge is -2.02. The molecule has 0 rings (SSSR count). The van der Waals surface area contributed by atoms with Gasteiger partial charge in [0.15, 0.2) is 0 Å². The molecular weight excluding hydrogens is 120 g/mol. The Hall–Kier alpha value is -0.260. The summed E-state index contributed by atoms with van der Waals surface area (Å²) >= 11 is 0. The van der Waals surface area contributed by atoms with Crippen molar-refractivity contribution >= 4 is 0 Å². The van der Waals surface area contributed by atoms with Gasteiger partial charge in [0.25, 0.3) is 0 Å². The third kappa shape index (κ3) is 5.87. The van der Waals surface area contributed by atoms with Crippen LogP contribution in [0, 0.1) is 12.8 Å². The van der Waals surface area contributed by atoms with Crippen LogP contribution in [0.25, 0.3) is 0 Å². The molecule has 0 saturated carbocycles. The van der Waals surface area contributed by atoms with Gasteiger partial charge in [0.1, 0.15) is 0 Å². The van der Waals surface area contributed by atoms with E-state index < -0.39 is 0 Å². The molecule has 1 radical (unpaired) electrons. The molecule has 1 unspecified atom stereocenters. The molecule has 0 aromatic carbocycles. The van der Waals surface area contributed by atoms with Crippen LogP contribution in [0.3, 0.4) is 0 Å². The Morgan fingerprint density at radius 2 is 2.20 bits per heavy atom. The van der Waals surface area contributed by atoms with E-state index in [1.807, 2.05) is 0 Å². The smallest absolute Gasteiger partial charge is 0.0262 e. The van der Waals surface area contributed by atoms with E-state index in [2.05, 4.69) is 32.9 Å². The van der Waals surface area contributed by atoms with Gasteiger partial charge < -0.3 is 0 Å². The second-order valence-electron chi connectivity index (χ2n) is 2.84. The summed E-state index contributed by atoms with van der Waals surface area (Å²) in [5, 5.41) is 0. The first-order valence-electron chi connectivity index (χ1n) is 4.27. The van der Waals surface area contributed by atoms with Crippen molar-refractivity contribution in [3.63, 3.8) is 0 Å². The molecule has 0 aromatic rings. The Balaban J connectivity index is 3.24. The first-order chi connectivity index (χ1) is 4.81. The molecule has 0 heterocycles. The van der Waals surface area contributed by atoms with E-state index in [0.717, 1.165) is 12.3 Å². The molecule has 0 aromatic heterocycles. The quantitative estimate of drug-likeness (QED) is 0.510. The van der Waals surface area contributed by atoms with Crippen molar-refractivity contribution in [1.29, 1.82) is 0 Å². The standard InChI is InChI=1S/C10H19/c1-4-6-8-10(3)9-7-5-2/h6,8,10H,1,4-5,7,9H2,2-3H3/b8-6+. The van der Waals surface area contributed by atoms with E-state index in [9.17, 15) is 0 Å². The normalized spacial score (nSPS) is 14.3. The van der Waals surface area contributed by atoms with Gasteiger partial charge >= 0.3 is 0 Å². The van der Waals surface area contributed by atoms with E-state index in [4.69, 9.17) is 0 Å². The number of hydrogen-bond donors (Lipinski definition) is 0. The van der Waals surface area contributed by atoms with Gasteiger partial charge in [0.2, 0.25) is 0 Å². The zero-order chi connectivity index (χ0) is 7.82. The van der Waals surface area contributed by atoms with Crippen molar-refractivity contribution in [3.8, 4) is 0 Å². The molecule has 0 fully saturated rings. The maximum Gasteiger partial charge on any atom is -0.0262 e. The van der Waals surface area contributed by atoms with Gasteiger partial charge in [-0.1, -0.05) is 38.8 Å². The number of hydrogen-bond acceptors (Lipinski definition) is 0. The molecule has 0 spiro atoms. The molecule has 0 nitrogen and oxygen atoms in total. The lowest BCUT2D eigenvalue weighted by atomic mass is 10.0. The van der Waals surface area contributed by atoms with Crippen LogP contribution in [-0.2, 0) is 0 Å². The average Bonchev–Trinajstić information content (AvgIpc) is 1.97. The zero-order valence-electron chi connectivity index (χ0n) is 7.27. The average molecular weight is 139 g/mol. The summed E-state index contributed by atoms with van der Waals surface area (Å²) in [7, 11) is 0. The summed E-state index contributed by atoms with van der Waals surface area (Å²) in [6.07, 6.45) is 9.33. The predicted octanol–water partition coefficient (Wildman–Crippen LogP) is 3.59. The summed E-state index contributed by atoms with van der Waals surface area (Å²) in [5.41, 5.74) is 0. The SMILES string of the molecule is [CH2]C/C=C/C(C)CCCC. The fraction of sp³-hybridized carbons (Fsp3) is 0.700. The van der Waals surface area contributed by atoms with Gasteiger partial charge in [-0.15, -0.1) is 0 Å². The van der Waals surface area contributed by atoms with E-state index in [1.54, 1.807) is 0 Å². The summed E-state index contributed by atoms with van der Waals surface area (Å²) < 4.78 is 0. The highest BCUT2D eigenvalue weighted by atomic mass is 14.0. The second-order valence-corrected chi connectivity index (χ2v) is 2.84. The van der Waals surface area contributed by atoms with Crippen molar-refractivity contribution < 1.29 is 0 Å². The van der Waals surface area contributed by atoms with Crippen LogP contribution in [-0.4, -0.2) is 0 Å². The lowest BCUT2D eigenvalue weighted by Crippen LogP contribution is -1.87. The van der Waals surface area contributed by atoms with E-state index in [-0.39, 0.29) is 0 Å². The molecule has 1 atom stereocenters. The van der Waals surface area contributed by atoms with Crippen LogP contribution in [0.1, 0.15) is 39.5 Å². The minimum Gasteiger partial charge on any atom is -0.0883 e. The highest BCUT2D eigenvalue weighted by Gasteiger charge is 1.93. The molecule has 0 aliphatic heterocycles. The monoisotopic (exact) mass is 139 g/mol. The van der Waals surface area contributed by atoms with Crippen molar-refractivity contribution in [2.75, 3.05) is 0 Å². The second kappa shape index (κ2) is 6.85. The minimum absolute atomic E-state index is 0.752. The summed E-state index contributed by atoms with van der Waals surface area (Å²) in [5.74, 6) is 0.752. The predicted molar refractivity (Wildman–Crippen MR) is 47.8 cm³/mol. The van der Waals surface area contributed by atoms with Gasteiger partial charge in [-0.3, -0.25) is 0 Å². The molecule has 0 saturated heterocycles. The van der Waals surface area contributed by atoms with Gasteiger partial charge in [-0.05, 0) is 25.7 Å². The fourth-order valence-corrected chi connectivity index (χ4v) is 0.951. The fourth-order valence-electron chi connectivity index (χ4n) is 0.951. The third-order valence-corrected chi connectivity index (χ3v) is 1.64. The lowest BCUT2D eigenvalue weighted by molar-refractivity contribution is 0.597. The molecule has 10 heavy (non-hydrogen) atoms. The molecular formula is C10H19. The van der Waals surface area contributed by atoms with Crippen LogP contribution >= 0.6 is 0 Å². The maximum absolute atomic E-state index is 3.75. The van der Waals surface area contributed by atoms with Gasteiger partial charge in [0, 0.05) is 0 Å².